The van der Waals surface area contributed by atoms with E-state index in [0.29, 0.717) is 12.2 Å². The largest absolute Gasteiger partial charge is 0.339 e. The van der Waals surface area contributed by atoms with Crippen LogP contribution in [0.25, 0.3) is 0 Å². The first-order chi connectivity index (χ1) is 10.4. The summed E-state index contributed by atoms with van der Waals surface area (Å²) in [7, 11) is -3.35. The zero-order valence-corrected chi connectivity index (χ0v) is 14.7. The number of anilines is 3. The molecule has 118 valence electrons. The lowest BCUT2D eigenvalue weighted by atomic mass is 10.2. The van der Waals surface area contributed by atoms with Crippen LogP contribution in [-0.2, 0) is 10.0 Å². The molecule has 2 N–H and O–H groups in total. The van der Waals surface area contributed by atoms with Crippen LogP contribution in [0.5, 0.6) is 0 Å². The van der Waals surface area contributed by atoms with Gasteiger partial charge >= 0.3 is 0 Å². The quantitative estimate of drug-likeness (QED) is 0.796. The maximum absolute atomic E-state index is 11.7. The van der Waals surface area contributed by atoms with E-state index in [9.17, 15) is 8.42 Å². The topological polar surface area (TPSA) is 84.0 Å². The third-order valence-electron chi connectivity index (χ3n) is 2.85. The Morgan fingerprint density at radius 2 is 1.82 bits per heavy atom. The van der Waals surface area contributed by atoms with Gasteiger partial charge in [-0.05, 0) is 49.2 Å². The number of nitrogens with zero attached hydrogens (tertiary/aromatic N) is 2. The van der Waals surface area contributed by atoms with Crippen LogP contribution in [0.4, 0.5) is 17.3 Å². The second-order valence-electron chi connectivity index (χ2n) is 4.81. The van der Waals surface area contributed by atoms with Gasteiger partial charge in [-0.15, -0.1) is 10.2 Å². The summed E-state index contributed by atoms with van der Waals surface area (Å²) < 4.78 is 26.7. The first-order valence-electron chi connectivity index (χ1n) is 6.77. The highest BCUT2D eigenvalue weighted by Gasteiger charge is 2.10. The lowest BCUT2D eigenvalue weighted by molar-refractivity contribution is 0.599. The summed E-state index contributed by atoms with van der Waals surface area (Å²) in [5, 5.41) is 11.0. The Labute approximate surface area is 138 Å². The van der Waals surface area contributed by atoms with Crippen molar-refractivity contribution in [1.29, 1.82) is 0 Å². The van der Waals surface area contributed by atoms with E-state index >= 15 is 0 Å². The van der Waals surface area contributed by atoms with Crippen molar-refractivity contribution in [1.82, 2.24) is 10.2 Å². The summed E-state index contributed by atoms with van der Waals surface area (Å²) in [6.07, 6.45) is 0.547. The Hall–Kier alpha value is -1.67. The Morgan fingerprint density at radius 3 is 2.41 bits per heavy atom. The molecular weight excluding hydrogens is 368 g/mol. The van der Waals surface area contributed by atoms with Gasteiger partial charge in [-0.1, -0.05) is 22.9 Å². The molecule has 0 spiro atoms. The number of aromatic nitrogens is 2. The fourth-order valence-electron chi connectivity index (χ4n) is 1.84. The second kappa shape index (κ2) is 7.06. The van der Waals surface area contributed by atoms with E-state index in [2.05, 4.69) is 36.2 Å². The number of hydrogen-bond acceptors (Lipinski definition) is 5. The summed E-state index contributed by atoms with van der Waals surface area (Å²) in [4.78, 5) is 0. The van der Waals surface area contributed by atoms with Gasteiger partial charge in [0.05, 0.1) is 5.75 Å². The van der Waals surface area contributed by atoms with Gasteiger partial charge in [0.1, 0.15) is 0 Å². The number of aryl methyl sites for hydroxylation is 1. The van der Waals surface area contributed by atoms with Crippen LogP contribution in [-0.4, -0.2) is 24.4 Å². The molecule has 1 heterocycles. The predicted molar refractivity (Wildman–Crippen MR) is 91.9 cm³/mol. The molecule has 1 aromatic heterocycles. The maximum Gasteiger partial charge on any atom is 0.233 e. The molecular formula is C14H17BrN4O2S. The first kappa shape index (κ1) is 16.7. The fraction of sp³-hybridized carbons (Fsp3) is 0.286. The molecule has 0 saturated heterocycles. The van der Waals surface area contributed by atoms with Gasteiger partial charge in [0, 0.05) is 10.2 Å². The minimum absolute atomic E-state index is 0.0623. The normalized spacial score (nSPS) is 11.2. The van der Waals surface area contributed by atoms with E-state index in [0.717, 1.165) is 15.7 Å². The molecule has 0 aliphatic heterocycles. The zero-order valence-electron chi connectivity index (χ0n) is 12.3. The molecule has 0 bridgehead atoms. The number of rotatable bonds is 6. The van der Waals surface area contributed by atoms with E-state index in [1.165, 1.54) is 0 Å². The maximum atomic E-state index is 11.7. The summed E-state index contributed by atoms with van der Waals surface area (Å²) in [6, 6.07) is 9.10. The van der Waals surface area contributed by atoms with E-state index in [-0.39, 0.29) is 11.6 Å². The van der Waals surface area contributed by atoms with Crippen LogP contribution in [0.2, 0.25) is 0 Å². The van der Waals surface area contributed by atoms with E-state index in [4.69, 9.17) is 0 Å². The molecule has 0 atom stereocenters. The van der Waals surface area contributed by atoms with E-state index < -0.39 is 10.0 Å². The van der Waals surface area contributed by atoms with Crippen LogP contribution in [0.3, 0.4) is 0 Å². The van der Waals surface area contributed by atoms with Crippen molar-refractivity contribution < 1.29 is 8.42 Å². The Kier molecular flexibility index (Phi) is 5.36. The molecule has 6 nitrogen and oxygen atoms in total. The van der Waals surface area contributed by atoms with Gasteiger partial charge < -0.3 is 5.32 Å². The summed E-state index contributed by atoms with van der Waals surface area (Å²) in [5.41, 5.74) is 1.97. The molecule has 0 aliphatic rings. The third kappa shape index (κ3) is 4.67. The Morgan fingerprint density at radius 1 is 1.14 bits per heavy atom. The average Bonchev–Trinajstić information content (AvgIpc) is 2.43. The highest BCUT2D eigenvalue weighted by Crippen LogP contribution is 2.23. The smallest absolute Gasteiger partial charge is 0.233 e. The van der Waals surface area contributed by atoms with Crippen LogP contribution in [0.1, 0.15) is 18.9 Å². The Balaban J connectivity index is 2.09. The van der Waals surface area contributed by atoms with Crippen molar-refractivity contribution in [2.45, 2.75) is 20.3 Å². The van der Waals surface area contributed by atoms with Crippen molar-refractivity contribution in [2.75, 3.05) is 15.8 Å². The lowest BCUT2D eigenvalue weighted by Gasteiger charge is -2.09. The third-order valence-corrected chi connectivity index (χ3v) is 4.81. The predicted octanol–water partition coefficient (Wildman–Crippen LogP) is 3.44. The molecule has 8 heteroatoms. The van der Waals surface area contributed by atoms with Gasteiger partial charge in [-0.25, -0.2) is 8.42 Å². The second-order valence-corrected chi connectivity index (χ2v) is 7.57. The van der Waals surface area contributed by atoms with Crippen LogP contribution in [0, 0.1) is 6.92 Å². The number of hydrogen-bond donors (Lipinski definition) is 2. The zero-order chi connectivity index (χ0) is 16.2. The molecule has 0 radical (unpaired) electrons. The van der Waals surface area contributed by atoms with Crippen molar-refractivity contribution in [3.05, 3.63) is 40.4 Å². The molecule has 0 aliphatic carbocycles. The average molecular weight is 385 g/mol. The highest BCUT2D eigenvalue weighted by atomic mass is 79.9. The van der Waals surface area contributed by atoms with Gasteiger partial charge in [-0.3, -0.25) is 4.72 Å². The molecule has 0 saturated carbocycles. The molecule has 0 unspecified atom stereocenters. The molecule has 0 amide bonds. The molecule has 2 rings (SSSR count). The monoisotopic (exact) mass is 384 g/mol. The lowest BCUT2D eigenvalue weighted by Crippen LogP contribution is -2.17. The van der Waals surface area contributed by atoms with E-state index in [1.54, 1.807) is 19.1 Å². The summed E-state index contributed by atoms with van der Waals surface area (Å²) in [5.74, 6) is 0.822. The first-order valence-corrected chi connectivity index (χ1v) is 9.21. The Bertz CT molecular complexity index is 748. The van der Waals surface area contributed by atoms with Crippen LogP contribution < -0.4 is 10.0 Å². The molecule has 2 aromatic rings. The van der Waals surface area contributed by atoms with Crippen LogP contribution in [0.15, 0.2) is 34.8 Å². The standard InChI is InChI=1S/C14H17BrN4O2S/c1-3-8-22(20,21)19-14-7-6-13(17-18-14)16-12-5-4-11(15)9-10(12)2/h4-7,9H,3,8H2,1-2H3,(H,16,17)(H,18,19). The van der Waals surface area contributed by atoms with Crippen molar-refractivity contribution in [3.8, 4) is 0 Å². The molecule has 0 fully saturated rings. The van der Waals surface area contributed by atoms with Crippen molar-refractivity contribution >= 4 is 43.3 Å². The fourth-order valence-corrected chi connectivity index (χ4v) is 3.38. The SMILES string of the molecule is CCCS(=O)(=O)Nc1ccc(Nc2ccc(Br)cc2C)nn1. The van der Waals surface area contributed by atoms with Gasteiger partial charge in [-0.2, -0.15) is 0 Å². The van der Waals surface area contributed by atoms with Crippen LogP contribution >= 0.6 is 15.9 Å². The number of sulfonamides is 1. The molecule has 1 aromatic carbocycles. The van der Waals surface area contributed by atoms with Gasteiger partial charge in [0.15, 0.2) is 11.6 Å². The van der Waals surface area contributed by atoms with Gasteiger partial charge in [0.25, 0.3) is 0 Å². The summed E-state index contributed by atoms with van der Waals surface area (Å²) in [6.45, 7) is 3.78. The number of halogens is 1. The minimum Gasteiger partial charge on any atom is -0.339 e. The number of benzene rings is 1. The number of nitrogens with one attached hydrogen (secondary N) is 2. The minimum atomic E-state index is -3.35. The van der Waals surface area contributed by atoms with Crippen molar-refractivity contribution in [3.63, 3.8) is 0 Å². The summed E-state index contributed by atoms with van der Waals surface area (Å²) >= 11 is 3.41. The van der Waals surface area contributed by atoms with E-state index in [1.807, 2.05) is 25.1 Å². The molecule has 22 heavy (non-hydrogen) atoms. The van der Waals surface area contributed by atoms with Gasteiger partial charge in [0.2, 0.25) is 10.0 Å². The van der Waals surface area contributed by atoms with Crippen molar-refractivity contribution in [2.24, 2.45) is 0 Å². The highest BCUT2D eigenvalue weighted by molar-refractivity contribution is 9.10.